The highest BCUT2D eigenvalue weighted by Gasteiger charge is 2.28. The third kappa shape index (κ3) is 3.03. The van der Waals surface area contributed by atoms with E-state index in [1.165, 1.54) is 0 Å². The van der Waals surface area contributed by atoms with Crippen LogP contribution in [0.4, 0.5) is 0 Å². The van der Waals surface area contributed by atoms with Gasteiger partial charge in [-0.25, -0.2) is 0 Å². The van der Waals surface area contributed by atoms with Crippen LogP contribution in [0.15, 0.2) is 6.20 Å². The summed E-state index contributed by atoms with van der Waals surface area (Å²) in [6, 6.07) is -0.0929. The van der Waals surface area contributed by atoms with Crippen molar-refractivity contribution in [3.05, 3.63) is 16.9 Å². The number of nitrogens with zero attached hydrogens (tertiary/aromatic N) is 3. The van der Waals surface area contributed by atoms with E-state index in [1.54, 1.807) is 6.20 Å². The van der Waals surface area contributed by atoms with Gasteiger partial charge in [0.1, 0.15) is 0 Å². The Bertz CT molecular complexity index is 387. The predicted octanol–water partition coefficient (Wildman–Crippen LogP) is 1.13. The van der Waals surface area contributed by atoms with E-state index in [-0.39, 0.29) is 6.04 Å². The van der Waals surface area contributed by atoms with Crippen LogP contribution in [0.5, 0.6) is 0 Å². The van der Waals surface area contributed by atoms with Crippen LogP contribution in [0, 0.1) is 5.92 Å². The Kier molecular flexibility index (Phi) is 4.61. The summed E-state index contributed by atoms with van der Waals surface area (Å²) < 4.78 is 7.32. The lowest BCUT2D eigenvalue weighted by Crippen LogP contribution is -2.27. The second-order valence-electron chi connectivity index (χ2n) is 5.05. The third-order valence-electron chi connectivity index (χ3n) is 3.38. The molecule has 0 radical (unpaired) electrons. The molecule has 2 N–H and O–H groups in total. The molecule has 0 aliphatic carbocycles. The summed E-state index contributed by atoms with van der Waals surface area (Å²) in [5.41, 5.74) is 7.25. The molecular formula is C12H21ClN4O. The van der Waals surface area contributed by atoms with E-state index in [4.69, 9.17) is 22.1 Å². The molecule has 1 saturated heterocycles. The van der Waals surface area contributed by atoms with Crippen molar-refractivity contribution in [1.29, 1.82) is 0 Å². The zero-order valence-electron chi connectivity index (χ0n) is 11.0. The average molecular weight is 273 g/mol. The zero-order chi connectivity index (χ0) is 13.1. The second kappa shape index (κ2) is 6.02. The van der Waals surface area contributed by atoms with E-state index < -0.39 is 0 Å². The number of aromatic nitrogens is 2. The molecule has 2 atom stereocenters. The number of ether oxygens (including phenoxy) is 1. The Morgan fingerprint density at radius 2 is 2.44 bits per heavy atom. The topological polar surface area (TPSA) is 56.3 Å². The van der Waals surface area contributed by atoms with Crippen LogP contribution >= 0.6 is 11.6 Å². The van der Waals surface area contributed by atoms with Crippen molar-refractivity contribution >= 4 is 11.6 Å². The van der Waals surface area contributed by atoms with Gasteiger partial charge in [0.15, 0.2) is 0 Å². The smallest absolute Gasteiger partial charge is 0.0834 e. The van der Waals surface area contributed by atoms with Crippen molar-refractivity contribution in [3.63, 3.8) is 0 Å². The fourth-order valence-corrected chi connectivity index (χ4v) is 2.50. The Morgan fingerprint density at radius 3 is 3.06 bits per heavy atom. The standard InChI is InChI=1S/C12H21ClN4O/c1-16(2)4-5-17-12(10(13)7-15-17)11(14)9-3-6-18-8-9/h7,9,11H,3-6,8,14H2,1-2H3. The number of likely N-dealkylation sites (N-methyl/N-ethyl adjacent to an activating group) is 1. The highest BCUT2D eigenvalue weighted by Crippen LogP contribution is 2.30. The SMILES string of the molecule is CN(C)CCn1ncc(Cl)c1C(N)C1CCOC1. The molecule has 2 rings (SSSR count). The second-order valence-corrected chi connectivity index (χ2v) is 5.46. The molecule has 2 heterocycles. The molecule has 5 nitrogen and oxygen atoms in total. The quantitative estimate of drug-likeness (QED) is 0.873. The van der Waals surface area contributed by atoms with Gasteiger partial charge < -0.3 is 15.4 Å². The van der Waals surface area contributed by atoms with Crippen LogP contribution in [0.2, 0.25) is 5.02 Å². The zero-order valence-corrected chi connectivity index (χ0v) is 11.7. The molecule has 1 aliphatic rings. The molecule has 0 aromatic carbocycles. The molecule has 1 aliphatic heterocycles. The van der Waals surface area contributed by atoms with E-state index in [0.29, 0.717) is 10.9 Å². The van der Waals surface area contributed by atoms with Crippen LogP contribution in [-0.4, -0.2) is 48.5 Å². The van der Waals surface area contributed by atoms with Crippen LogP contribution in [0.25, 0.3) is 0 Å². The molecule has 1 aromatic rings. The lowest BCUT2D eigenvalue weighted by Gasteiger charge is -2.20. The number of hydrogen-bond acceptors (Lipinski definition) is 4. The van der Waals surface area contributed by atoms with Crippen molar-refractivity contribution in [2.45, 2.75) is 19.0 Å². The number of hydrogen-bond donors (Lipinski definition) is 1. The van der Waals surface area contributed by atoms with Crippen LogP contribution in [-0.2, 0) is 11.3 Å². The first kappa shape index (κ1) is 13.8. The average Bonchev–Trinajstić information content (AvgIpc) is 2.94. The van der Waals surface area contributed by atoms with E-state index in [9.17, 15) is 0 Å². The Labute approximate surface area is 113 Å². The van der Waals surface area contributed by atoms with Crippen molar-refractivity contribution in [3.8, 4) is 0 Å². The minimum Gasteiger partial charge on any atom is -0.381 e. The van der Waals surface area contributed by atoms with Crippen LogP contribution in [0.1, 0.15) is 18.2 Å². The van der Waals surface area contributed by atoms with Gasteiger partial charge in [-0.1, -0.05) is 11.6 Å². The van der Waals surface area contributed by atoms with Gasteiger partial charge >= 0.3 is 0 Å². The largest absolute Gasteiger partial charge is 0.381 e. The van der Waals surface area contributed by atoms with Gasteiger partial charge in [-0.2, -0.15) is 5.10 Å². The number of rotatable bonds is 5. The van der Waals surface area contributed by atoms with Crippen molar-refractivity contribution in [2.75, 3.05) is 33.9 Å². The molecule has 1 aromatic heterocycles. The van der Waals surface area contributed by atoms with E-state index in [1.807, 2.05) is 18.8 Å². The first-order valence-electron chi connectivity index (χ1n) is 6.29. The van der Waals surface area contributed by atoms with Gasteiger partial charge in [0.2, 0.25) is 0 Å². The summed E-state index contributed by atoms with van der Waals surface area (Å²) in [5, 5.41) is 4.98. The molecule has 102 valence electrons. The maximum absolute atomic E-state index is 6.31. The van der Waals surface area contributed by atoms with E-state index in [0.717, 1.165) is 38.4 Å². The fraction of sp³-hybridized carbons (Fsp3) is 0.750. The summed E-state index contributed by atoms with van der Waals surface area (Å²) >= 11 is 6.22. The van der Waals surface area contributed by atoms with E-state index >= 15 is 0 Å². The monoisotopic (exact) mass is 272 g/mol. The molecule has 18 heavy (non-hydrogen) atoms. The Balaban J connectivity index is 2.12. The fourth-order valence-electron chi connectivity index (χ4n) is 2.24. The van der Waals surface area contributed by atoms with E-state index in [2.05, 4.69) is 10.00 Å². The summed E-state index contributed by atoms with van der Waals surface area (Å²) in [6.07, 6.45) is 2.68. The number of halogens is 1. The predicted molar refractivity (Wildman–Crippen MR) is 71.6 cm³/mol. The molecule has 0 spiro atoms. The number of nitrogens with two attached hydrogens (primary N) is 1. The minimum atomic E-state index is -0.0929. The highest BCUT2D eigenvalue weighted by molar-refractivity contribution is 6.31. The maximum Gasteiger partial charge on any atom is 0.0834 e. The molecule has 2 unspecified atom stereocenters. The summed E-state index contributed by atoms with van der Waals surface area (Å²) in [6.45, 7) is 3.23. The Hall–Kier alpha value is -0.620. The van der Waals surface area contributed by atoms with Crippen LogP contribution < -0.4 is 5.73 Å². The molecular weight excluding hydrogens is 252 g/mol. The first-order valence-corrected chi connectivity index (χ1v) is 6.66. The van der Waals surface area contributed by atoms with Gasteiger partial charge in [0, 0.05) is 19.1 Å². The van der Waals surface area contributed by atoms with Gasteiger partial charge in [0.25, 0.3) is 0 Å². The van der Waals surface area contributed by atoms with Gasteiger partial charge in [-0.3, -0.25) is 4.68 Å². The molecule has 0 bridgehead atoms. The molecule has 0 saturated carbocycles. The summed E-state index contributed by atoms with van der Waals surface area (Å²) in [4.78, 5) is 2.11. The maximum atomic E-state index is 6.31. The molecule has 0 amide bonds. The van der Waals surface area contributed by atoms with Crippen molar-refractivity contribution < 1.29 is 4.74 Å². The third-order valence-corrected chi connectivity index (χ3v) is 3.67. The normalized spacial score (nSPS) is 21.7. The van der Waals surface area contributed by atoms with Crippen LogP contribution in [0.3, 0.4) is 0 Å². The summed E-state index contributed by atoms with van der Waals surface area (Å²) in [5.74, 6) is 0.345. The van der Waals surface area contributed by atoms with Gasteiger partial charge in [-0.15, -0.1) is 0 Å². The lowest BCUT2D eigenvalue weighted by molar-refractivity contribution is 0.180. The Morgan fingerprint density at radius 1 is 1.67 bits per heavy atom. The van der Waals surface area contributed by atoms with Crippen molar-refractivity contribution in [1.82, 2.24) is 14.7 Å². The highest BCUT2D eigenvalue weighted by atomic mass is 35.5. The lowest BCUT2D eigenvalue weighted by atomic mass is 9.97. The van der Waals surface area contributed by atoms with Gasteiger partial charge in [0.05, 0.1) is 36.1 Å². The van der Waals surface area contributed by atoms with Gasteiger partial charge in [-0.05, 0) is 20.5 Å². The molecule has 1 fully saturated rings. The minimum absolute atomic E-state index is 0.0929. The molecule has 6 heteroatoms. The van der Waals surface area contributed by atoms with Crippen molar-refractivity contribution in [2.24, 2.45) is 11.7 Å². The first-order chi connectivity index (χ1) is 8.59. The summed E-state index contributed by atoms with van der Waals surface area (Å²) in [7, 11) is 4.07.